The Morgan fingerprint density at radius 2 is 1.70 bits per heavy atom. The Morgan fingerprint density at radius 3 is 2.35 bits per heavy atom. The molecule has 2 N–H and O–H groups in total. The Hall–Kier alpha value is -2.36. The predicted molar refractivity (Wildman–Crippen MR) is 79.5 cm³/mol. The molecule has 2 rings (SSSR count). The topological polar surface area (TPSA) is 53.7 Å². The lowest BCUT2D eigenvalue weighted by Crippen LogP contribution is -2.01. The molecule has 4 nitrogen and oxygen atoms in total. The second-order valence-electron chi connectivity index (χ2n) is 4.49. The normalized spacial score (nSPS) is 10.2. The SMILES string of the molecule is COc1ccc(OC)c(COc2ccc(N)cc2C)c1. The van der Waals surface area contributed by atoms with Crippen LogP contribution in [0.3, 0.4) is 0 Å². The van der Waals surface area contributed by atoms with Crippen molar-refractivity contribution in [1.82, 2.24) is 0 Å². The maximum atomic E-state index is 5.83. The monoisotopic (exact) mass is 273 g/mol. The Morgan fingerprint density at radius 1 is 0.950 bits per heavy atom. The van der Waals surface area contributed by atoms with Gasteiger partial charge in [0.15, 0.2) is 0 Å². The summed E-state index contributed by atoms with van der Waals surface area (Å²) < 4.78 is 16.4. The summed E-state index contributed by atoms with van der Waals surface area (Å²) >= 11 is 0. The maximum Gasteiger partial charge on any atom is 0.125 e. The molecule has 20 heavy (non-hydrogen) atoms. The highest BCUT2D eigenvalue weighted by Gasteiger charge is 2.07. The summed E-state index contributed by atoms with van der Waals surface area (Å²) in [5.74, 6) is 2.36. The first-order valence-corrected chi connectivity index (χ1v) is 6.34. The number of benzene rings is 2. The molecule has 0 fully saturated rings. The fraction of sp³-hybridized carbons (Fsp3) is 0.250. The van der Waals surface area contributed by atoms with Crippen molar-refractivity contribution in [3.63, 3.8) is 0 Å². The molecule has 0 aliphatic rings. The summed E-state index contributed by atoms with van der Waals surface area (Å²) in [5, 5.41) is 0. The molecule has 0 unspecified atom stereocenters. The van der Waals surface area contributed by atoms with Gasteiger partial charge in [0.1, 0.15) is 23.9 Å². The van der Waals surface area contributed by atoms with Crippen LogP contribution < -0.4 is 19.9 Å². The zero-order valence-electron chi connectivity index (χ0n) is 12.0. The van der Waals surface area contributed by atoms with E-state index < -0.39 is 0 Å². The lowest BCUT2D eigenvalue weighted by atomic mass is 10.2. The van der Waals surface area contributed by atoms with Gasteiger partial charge in [-0.05, 0) is 48.9 Å². The molecule has 0 amide bonds. The van der Waals surface area contributed by atoms with Gasteiger partial charge in [-0.2, -0.15) is 0 Å². The fourth-order valence-corrected chi connectivity index (χ4v) is 1.98. The highest BCUT2D eigenvalue weighted by Crippen LogP contribution is 2.27. The lowest BCUT2D eigenvalue weighted by Gasteiger charge is -2.13. The third-order valence-corrected chi connectivity index (χ3v) is 3.07. The van der Waals surface area contributed by atoms with Gasteiger partial charge in [-0.3, -0.25) is 0 Å². The lowest BCUT2D eigenvalue weighted by molar-refractivity contribution is 0.293. The van der Waals surface area contributed by atoms with Gasteiger partial charge >= 0.3 is 0 Å². The van der Waals surface area contributed by atoms with Crippen molar-refractivity contribution in [2.24, 2.45) is 0 Å². The van der Waals surface area contributed by atoms with Crippen LogP contribution in [0.2, 0.25) is 0 Å². The number of aryl methyl sites for hydroxylation is 1. The number of rotatable bonds is 5. The van der Waals surface area contributed by atoms with Crippen molar-refractivity contribution in [2.45, 2.75) is 13.5 Å². The van der Waals surface area contributed by atoms with Crippen LogP contribution in [-0.4, -0.2) is 14.2 Å². The number of nitrogen functional groups attached to an aromatic ring is 1. The van der Waals surface area contributed by atoms with E-state index in [2.05, 4.69) is 0 Å². The largest absolute Gasteiger partial charge is 0.497 e. The van der Waals surface area contributed by atoms with E-state index in [0.717, 1.165) is 34.1 Å². The van der Waals surface area contributed by atoms with Crippen molar-refractivity contribution in [3.05, 3.63) is 47.5 Å². The molecule has 0 aliphatic heterocycles. The van der Waals surface area contributed by atoms with Gasteiger partial charge in [-0.1, -0.05) is 0 Å². The number of anilines is 1. The molecule has 4 heteroatoms. The van der Waals surface area contributed by atoms with E-state index in [4.69, 9.17) is 19.9 Å². The highest BCUT2D eigenvalue weighted by atomic mass is 16.5. The van der Waals surface area contributed by atoms with E-state index in [1.165, 1.54) is 0 Å². The average molecular weight is 273 g/mol. The molecule has 0 heterocycles. The quantitative estimate of drug-likeness (QED) is 0.850. The summed E-state index contributed by atoms with van der Waals surface area (Å²) in [5.41, 5.74) is 8.40. The summed E-state index contributed by atoms with van der Waals surface area (Å²) in [6, 6.07) is 11.2. The van der Waals surface area contributed by atoms with E-state index in [9.17, 15) is 0 Å². The van der Waals surface area contributed by atoms with Crippen LogP contribution in [0.1, 0.15) is 11.1 Å². The van der Waals surface area contributed by atoms with Gasteiger partial charge in [0.2, 0.25) is 0 Å². The number of nitrogens with two attached hydrogens (primary N) is 1. The number of methoxy groups -OCH3 is 2. The molecule has 0 saturated carbocycles. The minimum absolute atomic E-state index is 0.408. The summed E-state index contributed by atoms with van der Waals surface area (Å²) in [6.07, 6.45) is 0. The molecule has 2 aromatic carbocycles. The first-order chi connectivity index (χ1) is 9.63. The molecule has 0 bridgehead atoms. The average Bonchev–Trinajstić information content (AvgIpc) is 2.46. The van der Waals surface area contributed by atoms with E-state index >= 15 is 0 Å². The number of ether oxygens (including phenoxy) is 3. The van der Waals surface area contributed by atoms with Gasteiger partial charge in [0.25, 0.3) is 0 Å². The number of hydrogen-bond donors (Lipinski definition) is 1. The zero-order chi connectivity index (χ0) is 14.5. The van der Waals surface area contributed by atoms with Gasteiger partial charge in [-0.15, -0.1) is 0 Å². The molecule has 0 radical (unpaired) electrons. The van der Waals surface area contributed by atoms with Gasteiger partial charge in [0, 0.05) is 11.3 Å². The Kier molecular flexibility index (Phi) is 4.35. The van der Waals surface area contributed by atoms with Crippen LogP contribution in [0.15, 0.2) is 36.4 Å². The van der Waals surface area contributed by atoms with Crippen LogP contribution in [0.25, 0.3) is 0 Å². The van der Waals surface area contributed by atoms with Crippen LogP contribution in [0.5, 0.6) is 17.2 Å². The van der Waals surface area contributed by atoms with Crippen LogP contribution >= 0.6 is 0 Å². The number of hydrogen-bond acceptors (Lipinski definition) is 4. The zero-order valence-corrected chi connectivity index (χ0v) is 12.0. The van der Waals surface area contributed by atoms with E-state index in [1.54, 1.807) is 14.2 Å². The first-order valence-electron chi connectivity index (χ1n) is 6.34. The van der Waals surface area contributed by atoms with Crippen LogP contribution in [0.4, 0.5) is 5.69 Å². The molecular formula is C16H19NO3. The molecule has 106 valence electrons. The summed E-state index contributed by atoms with van der Waals surface area (Å²) in [7, 11) is 3.27. The standard InChI is InChI=1S/C16H19NO3/c1-11-8-13(17)4-6-15(11)20-10-12-9-14(18-2)5-7-16(12)19-3/h4-9H,10,17H2,1-3H3. The third kappa shape index (κ3) is 3.15. The maximum absolute atomic E-state index is 5.83. The van der Waals surface area contributed by atoms with Gasteiger partial charge < -0.3 is 19.9 Å². The summed E-state index contributed by atoms with van der Waals surface area (Å²) in [6.45, 7) is 2.37. The molecule has 0 spiro atoms. The predicted octanol–water partition coefficient (Wildman–Crippen LogP) is 3.17. The van der Waals surface area contributed by atoms with Gasteiger partial charge in [0.05, 0.1) is 14.2 Å². The highest BCUT2D eigenvalue weighted by molar-refractivity contribution is 5.47. The Bertz CT molecular complexity index is 596. The molecule has 0 saturated heterocycles. The smallest absolute Gasteiger partial charge is 0.125 e. The molecule has 0 aromatic heterocycles. The van der Waals surface area contributed by atoms with Gasteiger partial charge in [-0.25, -0.2) is 0 Å². The first kappa shape index (κ1) is 14.1. The second kappa shape index (κ2) is 6.19. The Balaban J connectivity index is 2.17. The van der Waals surface area contributed by atoms with Crippen molar-refractivity contribution >= 4 is 5.69 Å². The van der Waals surface area contributed by atoms with Crippen LogP contribution in [-0.2, 0) is 6.61 Å². The fourth-order valence-electron chi connectivity index (χ4n) is 1.98. The molecule has 0 aliphatic carbocycles. The van der Waals surface area contributed by atoms with Crippen molar-refractivity contribution in [2.75, 3.05) is 20.0 Å². The van der Waals surface area contributed by atoms with Crippen molar-refractivity contribution in [3.8, 4) is 17.2 Å². The molecule has 2 aromatic rings. The Labute approximate surface area is 119 Å². The van der Waals surface area contributed by atoms with E-state index in [-0.39, 0.29) is 0 Å². The second-order valence-corrected chi connectivity index (χ2v) is 4.49. The van der Waals surface area contributed by atoms with Crippen LogP contribution in [0, 0.1) is 6.92 Å². The molecule has 0 atom stereocenters. The third-order valence-electron chi connectivity index (χ3n) is 3.07. The van der Waals surface area contributed by atoms with E-state index in [0.29, 0.717) is 6.61 Å². The van der Waals surface area contributed by atoms with Crippen molar-refractivity contribution < 1.29 is 14.2 Å². The molecular weight excluding hydrogens is 254 g/mol. The van der Waals surface area contributed by atoms with Crippen molar-refractivity contribution in [1.29, 1.82) is 0 Å². The summed E-state index contributed by atoms with van der Waals surface area (Å²) in [4.78, 5) is 0. The van der Waals surface area contributed by atoms with E-state index in [1.807, 2.05) is 43.3 Å². The minimum atomic E-state index is 0.408. The minimum Gasteiger partial charge on any atom is -0.497 e.